The molecular weight excluding hydrogens is 424 g/mol. The minimum atomic E-state index is -0.0981. The molecule has 8 heteroatoms. The van der Waals surface area contributed by atoms with E-state index < -0.39 is 0 Å². The molecule has 0 radical (unpaired) electrons. The van der Waals surface area contributed by atoms with Crippen LogP contribution in [-0.4, -0.2) is 33.5 Å². The van der Waals surface area contributed by atoms with Crippen molar-refractivity contribution in [2.75, 3.05) is 18.2 Å². The molecule has 2 aromatic carbocycles. The van der Waals surface area contributed by atoms with Crippen molar-refractivity contribution in [2.24, 2.45) is 0 Å². The first-order valence-electron chi connectivity index (χ1n) is 10.2. The van der Waals surface area contributed by atoms with Gasteiger partial charge < -0.3 is 14.8 Å². The van der Waals surface area contributed by atoms with Gasteiger partial charge in [0.15, 0.2) is 22.5 Å². The normalized spacial score (nSPS) is 10.6. The maximum absolute atomic E-state index is 12.5. The third kappa shape index (κ3) is 5.91. The third-order valence-electron chi connectivity index (χ3n) is 4.78. The minimum absolute atomic E-state index is 0.0981. The number of nitrogens with zero attached hydrogens (tertiary/aromatic N) is 3. The number of aromatic nitrogens is 3. The first-order valence-corrected chi connectivity index (χ1v) is 11.2. The maximum Gasteiger partial charge on any atom is 0.234 e. The number of anilines is 1. The van der Waals surface area contributed by atoms with Gasteiger partial charge in [-0.15, -0.1) is 16.8 Å². The Kier molecular flexibility index (Phi) is 7.94. The molecule has 0 fully saturated rings. The molecule has 0 bridgehead atoms. The number of ether oxygens (including phenoxy) is 2. The van der Waals surface area contributed by atoms with Crippen molar-refractivity contribution in [3.8, 4) is 11.5 Å². The van der Waals surface area contributed by atoms with E-state index in [1.54, 1.807) is 13.2 Å². The second-order valence-electron chi connectivity index (χ2n) is 7.40. The Labute approximate surface area is 192 Å². The maximum atomic E-state index is 12.5. The van der Waals surface area contributed by atoms with Gasteiger partial charge in [-0.05, 0) is 55.7 Å². The van der Waals surface area contributed by atoms with Crippen LogP contribution in [-0.2, 0) is 17.9 Å². The summed E-state index contributed by atoms with van der Waals surface area (Å²) in [5.41, 5.74) is 4.03. The highest BCUT2D eigenvalue weighted by Gasteiger charge is 2.15. The highest BCUT2D eigenvalue weighted by Crippen LogP contribution is 2.29. The van der Waals surface area contributed by atoms with Crippen molar-refractivity contribution in [1.29, 1.82) is 0 Å². The molecule has 1 heterocycles. The number of thioether (sulfide) groups is 1. The number of amides is 1. The molecule has 1 amide bonds. The van der Waals surface area contributed by atoms with Gasteiger partial charge in [-0.1, -0.05) is 36.0 Å². The summed E-state index contributed by atoms with van der Waals surface area (Å²) in [6.07, 6.45) is 1.76. The van der Waals surface area contributed by atoms with Gasteiger partial charge in [-0.2, -0.15) is 0 Å². The fourth-order valence-electron chi connectivity index (χ4n) is 3.07. The Morgan fingerprint density at radius 1 is 1.12 bits per heavy atom. The Balaban J connectivity index is 1.66. The van der Waals surface area contributed by atoms with E-state index in [2.05, 4.69) is 22.1 Å². The lowest BCUT2D eigenvalue weighted by Crippen LogP contribution is -2.15. The summed E-state index contributed by atoms with van der Waals surface area (Å²) in [5, 5.41) is 12.1. The molecule has 7 nitrogen and oxygen atoms in total. The lowest BCUT2D eigenvalue weighted by molar-refractivity contribution is -0.113. The number of hydrogen-bond acceptors (Lipinski definition) is 6. The first kappa shape index (κ1) is 23.4. The van der Waals surface area contributed by atoms with Gasteiger partial charge in [0.1, 0.15) is 6.61 Å². The summed E-state index contributed by atoms with van der Waals surface area (Å²) in [5.74, 6) is 2.06. The van der Waals surface area contributed by atoms with E-state index in [0.717, 1.165) is 22.4 Å². The molecule has 0 atom stereocenters. The molecule has 1 N–H and O–H groups in total. The summed E-state index contributed by atoms with van der Waals surface area (Å²) >= 11 is 1.33. The molecule has 1 aromatic heterocycles. The minimum Gasteiger partial charge on any atom is -0.493 e. The lowest BCUT2D eigenvalue weighted by atomic mass is 10.1. The quantitative estimate of drug-likeness (QED) is 0.355. The largest absolute Gasteiger partial charge is 0.493 e. The van der Waals surface area contributed by atoms with Crippen LogP contribution >= 0.6 is 11.8 Å². The number of carbonyl (C=O) groups is 1. The van der Waals surface area contributed by atoms with E-state index in [1.165, 1.54) is 11.8 Å². The standard InChI is InChI=1S/C24H28N4O3S/c1-6-11-28-22(14-31-20-10-8-17(3)13-21(20)30-5)26-27-24(28)32-15-23(29)25-19-12-16(2)7-9-18(19)4/h6-10,12-13H,1,11,14-15H2,2-5H3,(H,25,29). The van der Waals surface area contributed by atoms with Crippen LogP contribution in [0.1, 0.15) is 22.5 Å². The number of hydrogen-bond donors (Lipinski definition) is 1. The molecule has 168 valence electrons. The molecule has 0 unspecified atom stereocenters. The summed E-state index contributed by atoms with van der Waals surface area (Å²) < 4.78 is 13.2. The van der Waals surface area contributed by atoms with Crippen LogP contribution in [0.2, 0.25) is 0 Å². The van der Waals surface area contributed by atoms with E-state index in [4.69, 9.17) is 9.47 Å². The van der Waals surface area contributed by atoms with E-state index in [9.17, 15) is 4.79 Å². The fraction of sp³-hybridized carbons (Fsp3) is 0.292. The van der Waals surface area contributed by atoms with Crippen molar-refractivity contribution in [3.63, 3.8) is 0 Å². The Bertz CT molecular complexity index is 1110. The van der Waals surface area contributed by atoms with Crippen LogP contribution < -0.4 is 14.8 Å². The zero-order valence-electron chi connectivity index (χ0n) is 18.8. The zero-order valence-corrected chi connectivity index (χ0v) is 19.7. The SMILES string of the molecule is C=CCn1c(COc2ccc(C)cc2OC)nnc1SCC(=O)Nc1cc(C)ccc1C. The predicted octanol–water partition coefficient (Wildman–Crippen LogP) is 4.71. The van der Waals surface area contributed by atoms with Crippen LogP contribution in [0, 0.1) is 20.8 Å². The lowest BCUT2D eigenvalue weighted by Gasteiger charge is -2.12. The molecule has 0 spiro atoms. The zero-order chi connectivity index (χ0) is 23.1. The smallest absolute Gasteiger partial charge is 0.234 e. The van der Waals surface area contributed by atoms with Crippen LogP contribution in [0.3, 0.4) is 0 Å². The van der Waals surface area contributed by atoms with Crippen molar-refractivity contribution in [3.05, 3.63) is 71.6 Å². The molecule has 3 rings (SSSR count). The van der Waals surface area contributed by atoms with Gasteiger partial charge in [0, 0.05) is 12.2 Å². The van der Waals surface area contributed by atoms with Crippen molar-refractivity contribution in [2.45, 2.75) is 39.1 Å². The van der Waals surface area contributed by atoms with Crippen molar-refractivity contribution in [1.82, 2.24) is 14.8 Å². The monoisotopic (exact) mass is 452 g/mol. The van der Waals surface area contributed by atoms with Crippen LogP contribution in [0.15, 0.2) is 54.2 Å². The molecular formula is C24H28N4O3S. The Morgan fingerprint density at radius 2 is 1.88 bits per heavy atom. The summed E-state index contributed by atoms with van der Waals surface area (Å²) in [6, 6.07) is 11.7. The average Bonchev–Trinajstić information content (AvgIpc) is 3.15. The highest BCUT2D eigenvalue weighted by atomic mass is 32.2. The summed E-state index contributed by atoms with van der Waals surface area (Å²) in [4.78, 5) is 12.5. The number of benzene rings is 2. The molecule has 0 aliphatic heterocycles. The van der Waals surface area contributed by atoms with Crippen LogP contribution in [0.5, 0.6) is 11.5 Å². The number of allylic oxidation sites excluding steroid dienone is 1. The molecule has 0 saturated heterocycles. The van der Waals surface area contributed by atoms with Crippen molar-refractivity contribution < 1.29 is 14.3 Å². The third-order valence-corrected chi connectivity index (χ3v) is 5.75. The van der Waals surface area contributed by atoms with Crippen molar-refractivity contribution >= 4 is 23.4 Å². The predicted molar refractivity (Wildman–Crippen MR) is 128 cm³/mol. The number of carbonyl (C=O) groups excluding carboxylic acids is 1. The first-order chi connectivity index (χ1) is 15.4. The van der Waals surface area contributed by atoms with Gasteiger partial charge in [-0.3, -0.25) is 9.36 Å². The van der Waals surface area contributed by atoms with Gasteiger partial charge in [0.25, 0.3) is 0 Å². The second kappa shape index (κ2) is 10.9. The summed E-state index contributed by atoms with van der Waals surface area (Å²) in [7, 11) is 1.61. The fourth-order valence-corrected chi connectivity index (χ4v) is 3.83. The van der Waals surface area contributed by atoms with E-state index in [1.807, 2.05) is 61.7 Å². The van der Waals surface area contributed by atoms with E-state index in [-0.39, 0.29) is 18.3 Å². The van der Waals surface area contributed by atoms with Crippen LogP contribution in [0.25, 0.3) is 0 Å². The molecule has 0 aliphatic carbocycles. The highest BCUT2D eigenvalue weighted by molar-refractivity contribution is 7.99. The summed E-state index contributed by atoms with van der Waals surface area (Å²) in [6.45, 7) is 10.5. The molecule has 0 saturated carbocycles. The van der Waals surface area contributed by atoms with E-state index in [0.29, 0.717) is 29.0 Å². The number of nitrogens with one attached hydrogen (secondary N) is 1. The van der Waals surface area contributed by atoms with Gasteiger partial charge >= 0.3 is 0 Å². The van der Waals surface area contributed by atoms with Crippen LogP contribution in [0.4, 0.5) is 5.69 Å². The van der Waals surface area contributed by atoms with Gasteiger partial charge in [-0.25, -0.2) is 0 Å². The average molecular weight is 453 g/mol. The topological polar surface area (TPSA) is 78.3 Å². The number of rotatable bonds is 10. The second-order valence-corrected chi connectivity index (χ2v) is 8.34. The Hall–Kier alpha value is -3.26. The van der Waals surface area contributed by atoms with E-state index >= 15 is 0 Å². The molecule has 0 aliphatic rings. The van der Waals surface area contributed by atoms with Gasteiger partial charge in [0.2, 0.25) is 5.91 Å². The molecule has 3 aromatic rings. The number of methoxy groups -OCH3 is 1. The Morgan fingerprint density at radius 3 is 2.62 bits per heavy atom. The van der Waals surface area contributed by atoms with Gasteiger partial charge in [0.05, 0.1) is 12.9 Å². The number of aryl methyl sites for hydroxylation is 3. The molecule has 32 heavy (non-hydrogen) atoms.